The summed E-state index contributed by atoms with van der Waals surface area (Å²) in [7, 11) is 0. The van der Waals surface area contributed by atoms with Crippen LogP contribution < -0.4 is 4.90 Å². The molecule has 9 rings (SSSR count). The van der Waals surface area contributed by atoms with Crippen molar-refractivity contribution in [2.45, 2.75) is 0 Å². The summed E-state index contributed by atoms with van der Waals surface area (Å²) in [5, 5.41) is 7.26. The molecule has 0 N–H and O–H groups in total. The quantitative estimate of drug-likeness (QED) is 0.210. The van der Waals surface area contributed by atoms with Gasteiger partial charge in [-0.3, -0.25) is 0 Å². The normalized spacial score (nSPS) is 11.7. The van der Waals surface area contributed by atoms with Gasteiger partial charge in [0.1, 0.15) is 11.2 Å². The molecule has 7 aromatic carbocycles. The number of hydrogen-bond acceptors (Lipinski definition) is 3. The van der Waals surface area contributed by atoms with E-state index < -0.39 is 0 Å². The van der Waals surface area contributed by atoms with Crippen molar-refractivity contribution in [2.75, 3.05) is 4.90 Å². The van der Waals surface area contributed by atoms with E-state index in [0.717, 1.165) is 33.3 Å². The highest BCUT2D eigenvalue weighted by molar-refractivity contribution is 7.26. The minimum Gasteiger partial charge on any atom is -0.456 e. The average molecular weight is 568 g/mol. The Hall–Kier alpha value is -5.38. The van der Waals surface area contributed by atoms with E-state index in [-0.39, 0.29) is 0 Å². The topological polar surface area (TPSA) is 16.4 Å². The molecule has 0 radical (unpaired) electrons. The summed E-state index contributed by atoms with van der Waals surface area (Å²) in [5.41, 5.74) is 7.70. The second-order valence-electron chi connectivity index (χ2n) is 10.9. The number of nitrogens with zero attached hydrogens (tertiary/aromatic N) is 1. The fraction of sp³-hybridized carbons (Fsp3) is 0. The summed E-state index contributed by atoms with van der Waals surface area (Å²) in [6.45, 7) is 0. The molecule has 0 bridgehead atoms. The molecule has 2 heterocycles. The van der Waals surface area contributed by atoms with Crippen LogP contribution in [0.2, 0.25) is 0 Å². The third-order valence-corrected chi connectivity index (χ3v) is 9.65. The first kappa shape index (κ1) is 24.2. The van der Waals surface area contributed by atoms with Gasteiger partial charge in [-0.2, -0.15) is 0 Å². The fourth-order valence-electron chi connectivity index (χ4n) is 6.51. The number of thiophene rings is 1. The van der Waals surface area contributed by atoms with Crippen LogP contribution in [0.5, 0.6) is 0 Å². The SMILES string of the molecule is c1ccc(-c2ccc(N(c3ccc4oc5ccccc5c4c3)c3cccc4ccccc34)c3sc4ccccc4c23)cc1. The summed E-state index contributed by atoms with van der Waals surface area (Å²) in [5.74, 6) is 0. The Morgan fingerprint density at radius 2 is 1.21 bits per heavy atom. The summed E-state index contributed by atoms with van der Waals surface area (Å²) in [6.07, 6.45) is 0. The van der Waals surface area contributed by atoms with Crippen molar-refractivity contribution in [1.29, 1.82) is 0 Å². The molecule has 0 atom stereocenters. The Kier molecular flexibility index (Phi) is 5.40. The molecular formula is C40H25NOS. The van der Waals surface area contributed by atoms with E-state index >= 15 is 0 Å². The van der Waals surface area contributed by atoms with E-state index in [2.05, 4.69) is 144 Å². The maximum absolute atomic E-state index is 6.23. The van der Waals surface area contributed by atoms with Crippen molar-refractivity contribution in [3.63, 3.8) is 0 Å². The van der Waals surface area contributed by atoms with Gasteiger partial charge in [0.25, 0.3) is 0 Å². The van der Waals surface area contributed by atoms with Gasteiger partial charge < -0.3 is 9.32 Å². The van der Waals surface area contributed by atoms with E-state index in [1.807, 2.05) is 23.5 Å². The van der Waals surface area contributed by atoms with Crippen molar-refractivity contribution in [1.82, 2.24) is 0 Å². The van der Waals surface area contributed by atoms with Crippen LogP contribution in [0.25, 0.3) is 64.0 Å². The number of furan rings is 1. The first-order valence-electron chi connectivity index (χ1n) is 14.5. The molecule has 0 saturated heterocycles. The van der Waals surface area contributed by atoms with Crippen LogP contribution in [0.3, 0.4) is 0 Å². The van der Waals surface area contributed by atoms with Crippen molar-refractivity contribution in [2.24, 2.45) is 0 Å². The van der Waals surface area contributed by atoms with E-state index in [0.29, 0.717) is 0 Å². The fourth-order valence-corrected chi connectivity index (χ4v) is 7.75. The van der Waals surface area contributed by atoms with Gasteiger partial charge in [-0.05, 0) is 59.0 Å². The number of rotatable bonds is 4. The number of hydrogen-bond donors (Lipinski definition) is 0. The number of fused-ring (bicyclic) bond motifs is 7. The summed E-state index contributed by atoms with van der Waals surface area (Å²) >= 11 is 1.87. The Bertz CT molecular complexity index is 2460. The van der Waals surface area contributed by atoms with Crippen LogP contribution in [0.4, 0.5) is 17.1 Å². The van der Waals surface area contributed by atoms with Gasteiger partial charge in [-0.15, -0.1) is 11.3 Å². The molecule has 0 amide bonds. The predicted molar refractivity (Wildman–Crippen MR) is 184 cm³/mol. The zero-order chi connectivity index (χ0) is 28.3. The van der Waals surface area contributed by atoms with E-state index in [9.17, 15) is 0 Å². The third-order valence-electron chi connectivity index (χ3n) is 8.46. The van der Waals surface area contributed by atoms with Crippen LogP contribution in [0.15, 0.2) is 156 Å². The molecule has 2 aromatic heterocycles. The standard InChI is InChI=1S/C40H25NOS/c1-2-11-27(12-3-1)30-22-23-35(40-39(30)32-17-7-9-20-38(32)43-40)41(34-18-10-14-26-13-4-5-15-29(26)34)28-21-24-37-33(25-28)31-16-6-8-19-36(31)42-37/h1-25H. The maximum Gasteiger partial charge on any atom is 0.135 e. The van der Waals surface area contributed by atoms with Crippen molar-refractivity contribution >= 4 is 81.3 Å². The van der Waals surface area contributed by atoms with Crippen LogP contribution in [0.1, 0.15) is 0 Å². The summed E-state index contributed by atoms with van der Waals surface area (Å²) in [6, 6.07) is 54.3. The van der Waals surface area contributed by atoms with Crippen molar-refractivity contribution < 1.29 is 4.42 Å². The number of para-hydroxylation sites is 1. The van der Waals surface area contributed by atoms with Crippen LogP contribution >= 0.6 is 11.3 Å². The lowest BCUT2D eigenvalue weighted by atomic mass is 9.98. The van der Waals surface area contributed by atoms with Crippen molar-refractivity contribution in [3.8, 4) is 11.1 Å². The van der Waals surface area contributed by atoms with E-state index in [1.54, 1.807) is 0 Å². The average Bonchev–Trinajstić information content (AvgIpc) is 3.64. The summed E-state index contributed by atoms with van der Waals surface area (Å²) < 4.78 is 8.79. The van der Waals surface area contributed by atoms with Crippen molar-refractivity contribution in [3.05, 3.63) is 152 Å². The first-order chi connectivity index (χ1) is 21.3. The molecule has 9 aromatic rings. The minimum absolute atomic E-state index is 0.897. The summed E-state index contributed by atoms with van der Waals surface area (Å²) in [4.78, 5) is 2.44. The Balaban J connectivity index is 1.39. The zero-order valence-corrected chi connectivity index (χ0v) is 24.0. The molecule has 43 heavy (non-hydrogen) atoms. The lowest BCUT2D eigenvalue weighted by Gasteiger charge is -2.28. The molecule has 0 saturated carbocycles. The van der Waals surface area contributed by atoms with Gasteiger partial charge in [0, 0.05) is 37.3 Å². The first-order valence-corrected chi connectivity index (χ1v) is 15.3. The molecular weight excluding hydrogens is 543 g/mol. The molecule has 0 spiro atoms. The molecule has 0 aliphatic rings. The molecule has 202 valence electrons. The highest BCUT2D eigenvalue weighted by atomic mass is 32.1. The minimum atomic E-state index is 0.897. The van der Waals surface area contributed by atoms with Crippen LogP contribution in [-0.2, 0) is 0 Å². The van der Waals surface area contributed by atoms with Gasteiger partial charge >= 0.3 is 0 Å². The largest absolute Gasteiger partial charge is 0.456 e. The van der Waals surface area contributed by atoms with E-state index in [1.165, 1.54) is 47.8 Å². The predicted octanol–water partition coefficient (Wildman–Crippen LogP) is 12.2. The molecule has 0 aliphatic carbocycles. The van der Waals surface area contributed by atoms with Gasteiger partial charge in [0.15, 0.2) is 0 Å². The third kappa shape index (κ3) is 3.79. The maximum atomic E-state index is 6.23. The van der Waals surface area contributed by atoms with Gasteiger partial charge in [-0.1, -0.05) is 109 Å². The molecule has 2 nitrogen and oxygen atoms in total. The lowest BCUT2D eigenvalue weighted by Crippen LogP contribution is -2.10. The molecule has 0 unspecified atom stereocenters. The highest BCUT2D eigenvalue weighted by Gasteiger charge is 2.22. The Labute approximate surface area is 252 Å². The lowest BCUT2D eigenvalue weighted by molar-refractivity contribution is 0.669. The number of anilines is 3. The van der Waals surface area contributed by atoms with Crippen LogP contribution in [0, 0.1) is 0 Å². The zero-order valence-electron chi connectivity index (χ0n) is 23.2. The second kappa shape index (κ2) is 9.59. The van der Waals surface area contributed by atoms with Gasteiger partial charge in [0.05, 0.1) is 16.1 Å². The molecule has 0 fully saturated rings. The highest BCUT2D eigenvalue weighted by Crippen LogP contribution is 2.49. The van der Waals surface area contributed by atoms with Crippen LogP contribution in [-0.4, -0.2) is 0 Å². The Morgan fingerprint density at radius 1 is 0.488 bits per heavy atom. The number of benzene rings is 7. The smallest absolute Gasteiger partial charge is 0.135 e. The van der Waals surface area contributed by atoms with E-state index in [4.69, 9.17) is 4.42 Å². The monoisotopic (exact) mass is 567 g/mol. The molecule has 0 aliphatic heterocycles. The molecule has 3 heteroatoms. The second-order valence-corrected chi connectivity index (χ2v) is 12.0. The van der Waals surface area contributed by atoms with Gasteiger partial charge in [0.2, 0.25) is 0 Å². The Morgan fingerprint density at radius 3 is 2.12 bits per heavy atom. The van der Waals surface area contributed by atoms with Gasteiger partial charge in [-0.25, -0.2) is 0 Å².